The zero-order valence-corrected chi connectivity index (χ0v) is 11.6. The Labute approximate surface area is 109 Å². The molecule has 0 aliphatic carbocycles. The van der Waals surface area contributed by atoms with Gasteiger partial charge in [0.1, 0.15) is 0 Å². The first-order valence-corrected chi connectivity index (χ1v) is 7.70. The Balaban J connectivity index is 1.96. The summed E-state index contributed by atoms with van der Waals surface area (Å²) in [6.07, 6.45) is 3.59. The molecule has 0 radical (unpaired) electrons. The van der Waals surface area contributed by atoms with E-state index in [-0.39, 0.29) is 5.91 Å². The highest BCUT2D eigenvalue weighted by atomic mass is 79.9. The molecule has 1 saturated heterocycles. The van der Waals surface area contributed by atoms with E-state index in [1.165, 1.54) is 24.2 Å². The molecule has 1 fully saturated rings. The molecule has 0 saturated carbocycles. The lowest BCUT2D eigenvalue weighted by molar-refractivity contribution is 0.0677. The minimum Gasteiger partial charge on any atom is -0.338 e. The number of rotatable bonds is 3. The third kappa shape index (κ3) is 2.86. The predicted octanol–water partition coefficient (Wildman–Crippen LogP) is 3.39. The first kappa shape index (κ1) is 12.1. The third-order valence-electron chi connectivity index (χ3n) is 3.06. The van der Waals surface area contributed by atoms with Crippen molar-refractivity contribution >= 4 is 33.2 Å². The van der Waals surface area contributed by atoms with Gasteiger partial charge < -0.3 is 4.90 Å². The van der Waals surface area contributed by atoms with Crippen molar-refractivity contribution in [1.29, 1.82) is 0 Å². The van der Waals surface area contributed by atoms with Gasteiger partial charge >= 0.3 is 0 Å². The average molecular weight is 302 g/mol. The topological polar surface area (TPSA) is 20.3 Å². The molecule has 1 unspecified atom stereocenters. The highest BCUT2D eigenvalue weighted by Crippen LogP contribution is 2.22. The molecule has 2 nitrogen and oxygen atoms in total. The highest BCUT2D eigenvalue weighted by Gasteiger charge is 2.24. The summed E-state index contributed by atoms with van der Waals surface area (Å²) in [4.78, 5) is 15.0. The van der Waals surface area contributed by atoms with E-state index in [9.17, 15) is 4.79 Å². The fraction of sp³-hybridized carbons (Fsp3) is 0.583. The van der Waals surface area contributed by atoms with Crippen LogP contribution < -0.4 is 0 Å². The highest BCUT2D eigenvalue weighted by molar-refractivity contribution is 9.09. The average Bonchev–Trinajstić information content (AvgIpc) is 2.82. The summed E-state index contributed by atoms with van der Waals surface area (Å²) in [5.74, 6) is 0.895. The third-order valence-corrected chi connectivity index (χ3v) is 4.37. The lowest BCUT2D eigenvalue weighted by atomic mass is 9.95. The van der Waals surface area contributed by atoms with Crippen LogP contribution in [0, 0.1) is 5.92 Å². The number of hydrogen-bond donors (Lipinski definition) is 0. The maximum absolute atomic E-state index is 12.1. The molecular weight excluding hydrogens is 286 g/mol. The second-order valence-electron chi connectivity index (χ2n) is 4.21. The Morgan fingerprint density at radius 2 is 2.50 bits per heavy atom. The van der Waals surface area contributed by atoms with Crippen molar-refractivity contribution in [3.8, 4) is 0 Å². The molecule has 0 bridgehead atoms. The summed E-state index contributed by atoms with van der Waals surface area (Å²) in [5.41, 5.74) is 0. The van der Waals surface area contributed by atoms with Crippen LogP contribution in [0.4, 0.5) is 0 Å². The molecule has 0 spiro atoms. The van der Waals surface area contributed by atoms with Crippen LogP contribution in [-0.4, -0.2) is 29.2 Å². The summed E-state index contributed by atoms with van der Waals surface area (Å²) < 4.78 is 0. The van der Waals surface area contributed by atoms with Gasteiger partial charge in [-0.1, -0.05) is 22.0 Å². The molecule has 1 atom stereocenters. The van der Waals surface area contributed by atoms with Crippen LogP contribution in [0.5, 0.6) is 0 Å². The molecule has 1 aromatic rings. The first-order chi connectivity index (χ1) is 7.81. The first-order valence-electron chi connectivity index (χ1n) is 5.70. The maximum Gasteiger partial charge on any atom is 0.263 e. The van der Waals surface area contributed by atoms with E-state index in [2.05, 4.69) is 15.9 Å². The largest absolute Gasteiger partial charge is 0.338 e. The number of halogens is 1. The van der Waals surface area contributed by atoms with Crippen molar-refractivity contribution in [2.24, 2.45) is 5.92 Å². The molecule has 1 amide bonds. The van der Waals surface area contributed by atoms with Gasteiger partial charge in [0, 0.05) is 18.4 Å². The lowest BCUT2D eigenvalue weighted by Gasteiger charge is -2.32. The number of nitrogens with zero attached hydrogens (tertiary/aromatic N) is 1. The van der Waals surface area contributed by atoms with Crippen LogP contribution in [0.1, 0.15) is 28.9 Å². The zero-order chi connectivity index (χ0) is 11.4. The summed E-state index contributed by atoms with van der Waals surface area (Å²) in [7, 11) is 0. The second kappa shape index (κ2) is 5.82. The Kier molecular flexibility index (Phi) is 4.41. The van der Waals surface area contributed by atoms with Crippen molar-refractivity contribution in [2.45, 2.75) is 19.3 Å². The Morgan fingerprint density at radius 1 is 1.62 bits per heavy atom. The molecule has 1 aliphatic rings. The minimum absolute atomic E-state index is 0.217. The van der Waals surface area contributed by atoms with Crippen LogP contribution in [0.15, 0.2) is 17.5 Å². The van der Waals surface area contributed by atoms with Crippen LogP contribution in [0.25, 0.3) is 0 Å². The van der Waals surface area contributed by atoms with Crippen molar-refractivity contribution < 1.29 is 4.79 Å². The van der Waals surface area contributed by atoms with Crippen LogP contribution >= 0.6 is 27.3 Å². The normalized spacial score (nSPS) is 21.1. The molecule has 0 aromatic carbocycles. The van der Waals surface area contributed by atoms with E-state index in [0.29, 0.717) is 5.92 Å². The van der Waals surface area contributed by atoms with Gasteiger partial charge in [0.15, 0.2) is 0 Å². The van der Waals surface area contributed by atoms with Gasteiger partial charge in [0.25, 0.3) is 5.91 Å². The maximum atomic E-state index is 12.1. The van der Waals surface area contributed by atoms with E-state index in [0.717, 1.165) is 29.7 Å². The number of carbonyl (C=O) groups excluding carboxylic acids is 1. The van der Waals surface area contributed by atoms with E-state index >= 15 is 0 Å². The van der Waals surface area contributed by atoms with Crippen molar-refractivity contribution in [3.05, 3.63) is 22.4 Å². The van der Waals surface area contributed by atoms with Crippen LogP contribution in [-0.2, 0) is 0 Å². The minimum atomic E-state index is 0.217. The molecule has 2 heterocycles. The van der Waals surface area contributed by atoms with Gasteiger partial charge in [-0.2, -0.15) is 0 Å². The summed E-state index contributed by atoms with van der Waals surface area (Å²) in [6.45, 7) is 1.86. The van der Waals surface area contributed by atoms with Crippen molar-refractivity contribution in [2.75, 3.05) is 18.4 Å². The van der Waals surface area contributed by atoms with Crippen LogP contribution in [0.3, 0.4) is 0 Å². The van der Waals surface area contributed by atoms with Gasteiger partial charge in [-0.3, -0.25) is 4.79 Å². The van der Waals surface area contributed by atoms with E-state index < -0.39 is 0 Å². The van der Waals surface area contributed by atoms with Gasteiger partial charge in [-0.25, -0.2) is 0 Å². The zero-order valence-electron chi connectivity index (χ0n) is 9.19. The molecular formula is C12H16BrNOS. The van der Waals surface area contributed by atoms with E-state index in [1.807, 2.05) is 22.4 Å². The quantitative estimate of drug-likeness (QED) is 0.784. The van der Waals surface area contributed by atoms with Gasteiger partial charge in [0.2, 0.25) is 0 Å². The fourth-order valence-corrected chi connectivity index (χ4v) is 3.53. The Hall–Kier alpha value is -0.350. The molecule has 1 aromatic heterocycles. The smallest absolute Gasteiger partial charge is 0.263 e. The standard InChI is InChI=1S/C12H16BrNOS/c13-6-5-10-3-1-7-14(9-10)12(15)11-4-2-8-16-11/h2,4,8,10H,1,3,5-7,9H2. The van der Waals surface area contributed by atoms with Gasteiger partial charge in [0.05, 0.1) is 4.88 Å². The fourth-order valence-electron chi connectivity index (χ4n) is 2.20. The van der Waals surface area contributed by atoms with Gasteiger partial charge in [-0.15, -0.1) is 11.3 Å². The Morgan fingerprint density at radius 3 is 3.19 bits per heavy atom. The number of likely N-dealkylation sites (tertiary alicyclic amines) is 1. The molecule has 4 heteroatoms. The number of amides is 1. The molecule has 88 valence electrons. The van der Waals surface area contributed by atoms with Crippen molar-refractivity contribution in [3.63, 3.8) is 0 Å². The summed E-state index contributed by atoms with van der Waals surface area (Å²) in [6, 6.07) is 3.86. The predicted molar refractivity (Wildman–Crippen MR) is 71.4 cm³/mol. The lowest BCUT2D eigenvalue weighted by Crippen LogP contribution is -2.39. The molecule has 16 heavy (non-hydrogen) atoms. The van der Waals surface area contributed by atoms with Gasteiger partial charge in [-0.05, 0) is 36.6 Å². The number of hydrogen-bond acceptors (Lipinski definition) is 2. The number of alkyl halides is 1. The summed E-state index contributed by atoms with van der Waals surface area (Å²) in [5, 5.41) is 3.01. The van der Waals surface area contributed by atoms with Crippen molar-refractivity contribution in [1.82, 2.24) is 4.90 Å². The summed E-state index contributed by atoms with van der Waals surface area (Å²) >= 11 is 5.02. The van der Waals surface area contributed by atoms with E-state index in [1.54, 1.807) is 0 Å². The second-order valence-corrected chi connectivity index (χ2v) is 5.96. The molecule has 1 aliphatic heterocycles. The molecule has 0 N–H and O–H groups in total. The Bertz CT molecular complexity index is 337. The monoisotopic (exact) mass is 301 g/mol. The van der Waals surface area contributed by atoms with Crippen LogP contribution in [0.2, 0.25) is 0 Å². The van der Waals surface area contributed by atoms with E-state index in [4.69, 9.17) is 0 Å². The SMILES string of the molecule is O=C(c1cccs1)N1CCCC(CCBr)C1. The number of carbonyl (C=O) groups is 1. The number of thiophene rings is 1. The number of piperidine rings is 1. The molecule has 2 rings (SSSR count).